The molecule has 1 aromatic heterocycles. The Morgan fingerprint density at radius 3 is 2.71 bits per heavy atom. The maximum Gasteiger partial charge on any atom is 0.134 e. The molecule has 4 heteroatoms. The van der Waals surface area contributed by atoms with Crippen molar-refractivity contribution in [3.8, 4) is 5.75 Å². The summed E-state index contributed by atoms with van der Waals surface area (Å²) in [5.41, 5.74) is 0.196. The van der Waals surface area contributed by atoms with E-state index in [0.29, 0.717) is 0 Å². The minimum atomic E-state index is 0.196. The van der Waals surface area contributed by atoms with Gasteiger partial charge in [0.1, 0.15) is 5.75 Å². The average Bonchev–Trinajstić information content (AvgIpc) is 2.63. The van der Waals surface area contributed by atoms with Crippen molar-refractivity contribution in [2.24, 2.45) is 0 Å². The molecule has 0 saturated heterocycles. The summed E-state index contributed by atoms with van der Waals surface area (Å²) in [6.07, 6.45) is 0. The number of ether oxygens (including phenoxy) is 1. The first-order valence-electron chi connectivity index (χ1n) is 5.96. The Morgan fingerprint density at radius 1 is 1.41 bits per heavy atom. The Hall–Kier alpha value is -0.580. The van der Waals surface area contributed by atoms with Crippen LogP contribution in [0.2, 0.25) is 0 Å². The summed E-state index contributed by atoms with van der Waals surface area (Å²) in [5.74, 6) is 1.01. The Balaban J connectivity index is 2.32. The maximum atomic E-state index is 5.31. The van der Waals surface area contributed by atoms with Crippen LogP contribution in [0.1, 0.15) is 25.6 Å². The van der Waals surface area contributed by atoms with E-state index in [1.807, 2.05) is 6.07 Å². The second-order valence-electron chi connectivity index (χ2n) is 5.33. The van der Waals surface area contributed by atoms with Crippen molar-refractivity contribution in [1.82, 2.24) is 10.2 Å². The van der Waals surface area contributed by atoms with Gasteiger partial charge in [-0.15, -0.1) is 11.3 Å². The number of hydrogen-bond donors (Lipinski definition) is 1. The highest BCUT2D eigenvalue weighted by molar-refractivity contribution is 7.10. The van der Waals surface area contributed by atoms with Crippen molar-refractivity contribution in [2.45, 2.75) is 32.9 Å². The third-order valence-corrected chi connectivity index (χ3v) is 3.37. The Labute approximate surface area is 109 Å². The first-order valence-corrected chi connectivity index (χ1v) is 6.84. The smallest absolute Gasteiger partial charge is 0.134 e. The lowest BCUT2D eigenvalue weighted by Crippen LogP contribution is -2.40. The van der Waals surface area contributed by atoms with Crippen molar-refractivity contribution in [3.05, 3.63) is 16.3 Å². The molecule has 0 atom stereocenters. The highest BCUT2D eigenvalue weighted by Gasteiger charge is 2.10. The molecule has 0 aromatic carbocycles. The molecule has 0 aliphatic carbocycles. The van der Waals surface area contributed by atoms with Crippen molar-refractivity contribution < 1.29 is 4.74 Å². The van der Waals surface area contributed by atoms with E-state index in [9.17, 15) is 0 Å². The first-order chi connectivity index (χ1) is 7.92. The lowest BCUT2D eigenvalue weighted by atomic mass is 10.1. The van der Waals surface area contributed by atoms with E-state index in [1.54, 1.807) is 18.4 Å². The molecular formula is C13H24N2OS. The Kier molecular flexibility index (Phi) is 5.43. The fraction of sp³-hybridized carbons (Fsp3) is 0.692. The molecule has 1 heterocycles. The van der Waals surface area contributed by atoms with Crippen LogP contribution in [0.3, 0.4) is 0 Å². The fourth-order valence-corrected chi connectivity index (χ4v) is 2.49. The molecule has 0 amide bonds. The minimum absolute atomic E-state index is 0.196. The second kappa shape index (κ2) is 6.38. The number of thiophene rings is 1. The van der Waals surface area contributed by atoms with Crippen LogP contribution in [0.15, 0.2) is 11.4 Å². The molecule has 98 valence electrons. The number of hydrogen-bond acceptors (Lipinski definition) is 4. The molecule has 0 spiro atoms. The molecule has 0 unspecified atom stereocenters. The molecule has 1 rings (SSSR count). The summed E-state index contributed by atoms with van der Waals surface area (Å²) in [4.78, 5) is 3.61. The molecule has 17 heavy (non-hydrogen) atoms. The summed E-state index contributed by atoms with van der Waals surface area (Å²) in [5, 5.41) is 5.57. The lowest BCUT2D eigenvalue weighted by molar-refractivity contribution is 0.300. The van der Waals surface area contributed by atoms with Gasteiger partial charge in [0.25, 0.3) is 0 Å². The van der Waals surface area contributed by atoms with Gasteiger partial charge in [0.2, 0.25) is 0 Å². The van der Waals surface area contributed by atoms with Gasteiger partial charge in [-0.1, -0.05) is 0 Å². The number of nitrogens with one attached hydrogen (secondary N) is 1. The average molecular weight is 256 g/mol. The topological polar surface area (TPSA) is 24.5 Å². The summed E-state index contributed by atoms with van der Waals surface area (Å²) >= 11 is 1.75. The van der Waals surface area contributed by atoms with Crippen LogP contribution in [-0.2, 0) is 6.54 Å². The quantitative estimate of drug-likeness (QED) is 0.846. The highest BCUT2D eigenvalue weighted by Crippen LogP contribution is 2.25. The summed E-state index contributed by atoms with van der Waals surface area (Å²) in [6.45, 7) is 9.57. The fourth-order valence-electron chi connectivity index (χ4n) is 1.57. The SMILES string of the molecule is COc1ccsc1CN(C)CCNC(C)(C)C. The normalized spacial score (nSPS) is 12.1. The monoisotopic (exact) mass is 256 g/mol. The summed E-state index contributed by atoms with van der Waals surface area (Å²) in [7, 11) is 3.87. The first kappa shape index (κ1) is 14.5. The second-order valence-corrected chi connectivity index (χ2v) is 6.33. The molecule has 0 fully saturated rings. The Morgan fingerprint density at radius 2 is 2.12 bits per heavy atom. The summed E-state index contributed by atoms with van der Waals surface area (Å²) < 4.78 is 5.31. The van der Waals surface area contributed by atoms with Crippen LogP contribution in [0.25, 0.3) is 0 Å². The van der Waals surface area contributed by atoms with Crippen molar-refractivity contribution >= 4 is 11.3 Å². The molecular weight excluding hydrogens is 232 g/mol. The van der Waals surface area contributed by atoms with Crippen LogP contribution in [-0.4, -0.2) is 37.7 Å². The number of rotatable bonds is 6. The van der Waals surface area contributed by atoms with Gasteiger partial charge in [-0.2, -0.15) is 0 Å². The van der Waals surface area contributed by atoms with Gasteiger partial charge in [-0.3, -0.25) is 4.90 Å². The largest absolute Gasteiger partial charge is 0.496 e. The van der Waals surface area contributed by atoms with Crippen LogP contribution in [0.4, 0.5) is 0 Å². The van der Waals surface area contributed by atoms with E-state index in [4.69, 9.17) is 4.74 Å². The zero-order chi connectivity index (χ0) is 12.9. The molecule has 3 nitrogen and oxygen atoms in total. The van der Waals surface area contributed by atoms with Gasteiger partial charge in [-0.25, -0.2) is 0 Å². The molecule has 0 bridgehead atoms. The van der Waals surface area contributed by atoms with Gasteiger partial charge < -0.3 is 10.1 Å². The number of likely N-dealkylation sites (N-methyl/N-ethyl adjacent to an activating group) is 1. The summed E-state index contributed by atoms with van der Waals surface area (Å²) in [6, 6.07) is 2.03. The molecule has 0 radical (unpaired) electrons. The minimum Gasteiger partial charge on any atom is -0.496 e. The predicted octanol–water partition coefficient (Wildman–Crippen LogP) is 2.58. The van der Waals surface area contributed by atoms with Gasteiger partial charge in [0, 0.05) is 25.2 Å². The van der Waals surface area contributed by atoms with Crippen LogP contribution >= 0.6 is 11.3 Å². The maximum absolute atomic E-state index is 5.31. The van der Waals surface area contributed by atoms with Crippen LogP contribution < -0.4 is 10.1 Å². The van der Waals surface area contributed by atoms with Crippen LogP contribution in [0.5, 0.6) is 5.75 Å². The Bertz CT molecular complexity index is 330. The predicted molar refractivity (Wildman–Crippen MR) is 75.0 cm³/mol. The third-order valence-electron chi connectivity index (χ3n) is 2.49. The lowest BCUT2D eigenvalue weighted by Gasteiger charge is -2.23. The molecule has 0 aliphatic heterocycles. The standard InChI is InChI=1S/C13H24N2OS/c1-13(2,3)14-7-8-15(4)10-12-11(16-5)6-9-17-12/h6,9,14H,7-8,10H2,1-5H3. The van der Waals surface area contributed by atoms with Gasteiger partial charge in [0.15, 0.2) is 0 Å². The van der Waals surface area contributed by atoms with E-state index in [-0.39, 0.29) is 5.54 Å². The van der Waals surface area contributed by atoms with Crippen molar-refractivity contribution in [2.75, 3.05) is 27.2 Å². The number of nitrogens with zero attached hydrogens (tertiary/aromatic N) is 1. The van der Waals surface area contributed by atoms with E-state index in [0.717, 1.165) is 25.4 Å². The molecule has 1 N–H and O–H groups in total. The van der Waals surface area contributed by atoms with Crippen molar-refractivity contribution in [3.63, 3.8) is 0 Å². The molecule has 1 aromatic rings. The zero-order valence-electron chi connectivity index (χ0n) is 11.5. The zero-order valence-corrected chi connectivity index (χ0v) is 12.4. The molecule has 0 aliphatic rings. The van der Waals surface area contributed by atoms with Gasteiger partial charge >= 0.3 is 0 Å². The van der Waals surface area contributed by atoms with E-state index in [2.05, 4.69) is 43.4 Å². The van der Waals surface area contributed by atoms with Crippen molar-refractivity contribution in [1.29, 1.82) is 0 Å². The molecule has 0 saturated carbocycles. The van der Waals surface area contributed by atoms with Gasteiger partial charge in [-0.05, 0) is 39.3 Å². The number of methoxy groups -OCH3 is 1. The van der Waals surface area contributed by atoms with Gasteiger partial charge in [0.05, 0.1) is 12.0 Å². The van der Waals surface area contributed by atoms with E-state index in [1.165, 1.54) is 4.88 Å². The third kappa shape index (κ3) is 5.52. The van der Waals surface area contributed by atoms with E-state index >= 15 is 0 Å². The highest BCUT2D eigenvalue weighted by atomic mass is 32.1. The van der Waals surface area contributed by atoms with Crippen LogP contribution in [0, 0.1) is 0 Å². The van der Waals surface area contributed by atoms with E-state index < -0.39 is 0 Å².